The van der Waals surface area contributed by atoms with E-state index in [4.69, 9.17) is 10.5 Å². The molecule has 0 radical (unpaired) electrons. The van der Waals surface area contributed by atoms with E-state index in [-0.39, 0.29) is 0 Å². The average molecular weight is 223 g/mol. The normalized spacial score (nSPS) is 17.8. The van der Waals surface area contributed by atoms with E-state index in [1.54, 1.807) is 0 Å². The standard InChI is InChI=1S/C12H21N3O/c13-7-9-16-10-11-6-8-15(14-11)12-4-2-1-3-5-12/h6,8,12H,1-5,7,9-10,13H2. The fraction of sp³-hybridized carbons (Fsp3) is 0.750. The second-order valence-corrected chi connectivity index (χ2v) is 4.42. The maximum Gasteiger partial charge on any atom is 0.0907 e. The van der Waals surface area contributed by atoms with Crippen molar-refractivity contribution >= 4 is 0 Å². The van der Waals surface area contributed by atoms with Gasteiger partial charge < -0.3 is 10.5 Å². The van der Waals surface area contributed by atoms with E-state index in [9.17, 15) is 0 Å². The smallest absolute Gasteiger partial charge is 0.0907 e. The molecular weight excluding hydrogens is 202 g/mol. The van der Waals surface area contributed by atoms with Crippen molar-refractivity contribution < 1.29 is 4.74 Å². The highest BCUT2D eigenvalue weighted by Gasteiger charge is 2.15. The van der Waals surface area contributed by atoms with E-state index in [0.29, 0.717) is 25.8 Å². The van der Waals surface area contributed by atoms with Gasteiger partial charge in [0.15, 0.2) is 0 Å². The largest absolute Gasteiger partial charge is 0.374 e. The molecule has 4 nitrogen and oxygen atoms in total. The molecule has 1 heterocycles. The van der Waals surface area contributed by atoms with Gasteiger partial charge in [0.25, 0.3) is 0 Å². The number of hydrogen-bond acceptors (Lipinski definition) is 3. The third-order valence-electron chi connectivity index (χ3n) is 3.12. The first kappa shape index (κ1) is 11.6. The molecule has 1 aromatic rings. The summed E-state index contributed by atoms with van der Waals surface area (Å²) in [5, 5.41) is 4.56. The molecule has 0 saturated heterocycles. The van der Waals surface area contributed by atoms with Gasteiger partial charge in [0.05, 0.1) is 24.9 Å². The van der Waals surface area contributed by atoms with Gasteiger partial charge in [-0.1, -0.05) is 19.3 Å². The first-order valence-electron chi connectivity index (χ1n) is 6.22. The Labute approximate surface area is 96.8 Å². The van der Waals surface area contributed by atoms with Gasteiger partial charge in [0, 0.05) is 12.7 Å². The van der Waals surface area contributed by atoms with Crippen molar-refractivity contribution in [3.8, 4) is 0 Å². The molecular formula is C12H21N3O. The van der Waals surface area contributed by atoms with Crippen LogP contribution in [0.5, 0.6) is 0 Å². The zero-order chi connectivity index (χ0) is 11.2. The highest BCUT2D eigenvalue weighted by atomic mass is 16.5. The third kappa shape index (κ3) is 3.06. The minimum absolute atomic E-state index is 0.573. The molecule has 1 aliphatic carbocycles. The number of ether oxygens (including phenoxy) is 1. The fourth-order valence-corrected chi connectivity index (χ4v) is 2.26. The molecule has 0 spiro atoms. The zero-order valence-corrected chi connectivity index (χ0v) is 9.77. The van der Waals surface area contributed by atoms with Gasteiger partial charge in [-0.25, -0.2) is 0 Å². The van der Waals surface area contributed by atoms with Crippen molar-refractivity contribution in [1.82, 2.24) is 9.78 Å². The molecule has 0 bridgehead atoms. The van der Waals surface area contributed by atoms with Crippen LogP contribution in [0.3, 0.4) is 0 Å². The molecule has 0 atom stereocenters. The monoisotopic (exact) mass is 223 g/mol. The summed E-state index contributed by atoms with van der Waals surface area (Å²) in [5.41, 5.74) is 6.38. The topological polar surface area (TPSA) is 53.1 Å². The summed E-state index contributed by atoms with van der Waals surface area (Å²) in [6, 6.07) is 2.66. The summed E-state index contributed by atoms with van der Waals surface area (Å²) in [7, 11) is 0. The SMILES string of the molecule is NCCOCc1ccn(C2CCCCC2)n1. The Morgan fingerprint density at radius 1 is 1.38 bits per heavy atom. The van der Waals surface area contributed by atoms with Gasteiger partial charge >= 0.3 is 0 Å². The van der Waals surface area contributed by atoms with E-state index in [0.717, 1.165) is 5.69 Å². The summed E-state index contributed by atoms with van der Waals surface area (Å²) < 4.78 is 7.48. The lowest BCUT2D eigenvalue weighted by molar-refractivity contribution is 0.124. The lowest BCUT2D eigenvalue weighted by atomic mass is 9.96. The fourth-order valence-electron chi connectivity index (χ4n) is 2.26. The van der Waals surface area contributed by atoms with Crippen molar-refractivity contribution in [2.75, 3.05) is 13.2 Å². The Kier molecular flexibility index (Phi) is 4.36. The zero-order valence-electron chi connectivity index (χ0n) is 9.77. The summed E-state index contributed by atoms with van der Waals surface area (Å²) in [4.78, 5) is 0. The number of rotatable bonds is 5. The van der Waals surface area contributed by atoms with Crippen LogP contribution in [-0.4, -0.2) is 22.9 Å². The molecule has 0 amide bonds. The molecule has 90 valence electrons. The molecule has 0 aromatic carbocycles. The summed E-state index contributed by atoms with van der Waals surface area (Å²) >= 11 is 0. The van der Waals surface area contributed by atoms with Gasteiger partial charge in [0.2, 0.25) is 0 Å². The number of nitrogens with two attached hydrogens (primary N) is 1. The molecule has 1 aromatic heterocycles. The van der Waals surface area contributed by atoms with E-state index >= 15 is 0 Å². The van der Waals surface area contributed by atoms with Crippen LogP contribution < -0.4 is 5.73 Å². The highest BCUT2D eigenvalue weighted by molar-refractivity contribution is 4.98. The van der Waals surface area contributed by atoms with Gasteiger partial charge in [-0.05, 0) is 18.9 Å². The second kappa shape index (κ2) is 6.01. The van der Waals surface area contributed by atoms with Gasteiger partial charge in [-0.15, -0.1) is 0 Å². The summed E-state index contributed by atoms with van der Waals surface area (Å²) in [5.74, 6) is 0. The van der Waals surface area contributed by atoms with Crippen LogP contribution in [0.4, 0.5) is 0 Å². The van der Waals surface area contributed by atoms with Crippen LogP contribution in [0, 0.1) is 0 Å². The molecule has 2 N–H and O–H groups in total. The lowest BCUT2D eigenvalue weighted by Gasteiger charge is -2.21. The minimum Gasteiger partial charge on any atom is -0.374 e. The average Bonchev–Trinajstić information content (AvgIpc) is 2.79. The molecule has 0 unspecified atom stereocenters. The lowest BCUT2D eigenvalue weighted by Crippen LogP contribution is -2.14. The summed E-state index contributed by atoms with van der Waals surface area (Å²) in [6.07, 6.45) is 8.67. The van der Waals surface area contributed by atoms with Crippen molar-refractivity contribution in [2.24, 2.45) is 5.73 Å². The highest BCUT2D eigenvalue weighted by Crippen LogP contribution is 2.27. The van der Waals surface area contributed by atoms with Gasteiger partial charge in [-0.3, -0.25) is 4.68 Å². The minimum atomic E-state index is 0.573. The Hall–Kier alpha value is -0.870. The molecule has 0 aliphatic heterocycles. The van der Waals surface area contributed by atoms with Crippen molar-refractivity contribution in [2.45, 2.75) is 44.8 Å². The van der Waals surface area contributed by atoms with Crippen molar-refractivity contribution in [3.63, 3.8) is 0 Å². The van der Waals surface area contributed by atoms with E-state index in [1.807, 2.05) is 6.07 Å². The third-order valence-corrected chi connectivity index (χ3v) is 3.12. The number of hydrogen-bond donors (Lipinski definition) is 1. The van der Waals surface area contributed by atoms with Crippen LogP contribution in [0.1, 0.15) is 43.8 Å². The van der Waals surface area contributed by atoms with Gasteiger partial charge in [0.1, 0.15) is 0 Å². The number of nitrogens with zero attached hydrogens (tertiary/aromatic N) is 2. The van der Waals surface area contributed by atoms with Crippen LogP contribution in [0.2, 0.25) is 0 Å². The molecule has 1 saturated carbocycles. The van der Waals surface area contributed by atoms with Crippen LogP contribution in [0.15, 0.2) is 12.3 Å². The Morgan fingerprint density at radius 3 is 2.94 bits per heavy atom. The molecule has 2 rings (SSSR count). The Morgan fingerprint density at radius 2 is 2.19 bits per heavy atom. The van der Waals surface area contributed by atoms with Gasteiger partial charge in [-0.2, -0.15) is 5.10 Å². The van der Waals surface area contributed by atoms with E-state index in [1.165, 1.54) is 32.1 Å². The molecule has 1 fully saturated rings. The van der Waals surface area contributed by atoms with Crippen molar-refractivity contribution in [1.29, 1.82) is 0 Å². The van der Waals surface area contributed by atoms with E-state index < -0.39 is 0 Å². The van der Waals surface area contributed by atoms with E-state index in [2.05, 4.69) is 16.0 Å². The second-order valence-electron chi connectivity index (χ2n) is 4.42. The van der Waals surface area contributed by atoms with Crippen LogP contribution in [-0.2, 0) is 11.3 Å². The predicted octanol–water partition coefficient (Wildman–Crippen LogP) is 1.86. The quantitative estimate of drug-likeness (QED) is 0.775. The predicted molar refractivity (Wildman–Crippen MR) is 63.1 cm³/mol. The van der Waals surface area contributed by atoms with Crippen molar-refractivity contribution in [3.05, 3.63) is 18.0 Å². The Bertz CT molecular complexity index is 305. The molecule has 4 heteroatoms. The maximum atomic E-state index is 5.37. The Balaban J connectivity index is 1.85. The molecule has 1 aliphatic rings. The first-order chi connectivity index (χ1) is 7.90. The maximum absolute atomic E-state index is 5.37. The molecule has 16 heavy (non-hydrogen) atoms. The number of aromatic nitrogens is 2. The van der Waals surface area contributed by atoms with Crippen LogP contribution >= 0.6 is 0 Å². The van der Waals surface area contributed by atoms with Crippen LogP contribution in [0.25, 0.3) is 0 Å². The summed E-state index contributed by atoms with van der Waals surface area (Å²) in [6.45, 7) is 1.76. The first-order valence-corrected chi connectivity index (χ1v) is 6.22.